The maximum Gasteiger partial charge on any atom is 0.156 e. The van der Waals surface area contributed by atoms with Crippen molar-refractivity contribution in [3.8, 4) is 0 Å². The van der Waals surface area contributed by atoms with Crippen molar-refractivity contribution < 1.29 is 4.12 Å². The van der Waals surface area contributed by atoms with Crippen LogP contribution in [0.1, 0.15) is 0 Å². The van der Waals surface area contributed by atoms with Gasteiger partial charge in [0, 0.05) is 7.59 Å². The molecule has 0 radical (unpaired) electrons. The summed E-state index contributed by atoms with van der Waals surface area (Å²) in [7, 11) is -2.33. The Hall–Kier alpha value is 0.828. The van der Waals surface area contributed by atoms with Gasteiger partial charge in [-0.25, -0.2) is 0 Å². The van der Waals surface area contributed by atoms with Crippen molar-refractivity contribution in [3.05, 3.63) is 0 Å². The lowest BCUT2D eigenvalue weighted by atomic mass is 11.8. The summed E-state index contributed by atoms with van der Waals surface area (Å²) in [5, 5.41) is 0. The van der Waals surface area contributed by atoms with E-state index in [2.05, 4.69) is 45.8 Å². The minimum Gasteiger partial charge on any atom is -0.466 e. The zero-order valence-electron chi connectivity index (χ0n) is 9.91. The summed E-state index contributed by atoms with van der Waals surface area (Å²) in [4.78, 5) is 0. The monoisotopic (exact) mass is 236 g/mol. The van der Waals surface area contributed by atoms with Crippen LogP contribution in [0.15, 0.2) is 0 Å². The Morgan fingerprint density at radius 3 is 1.25 bits per heavy atom. The minimum atomic E-state index is -1.28. The van der Waals surface area contributed by atoms with Gasteiger partial charge in [0.25, 0.3) is 0 Å². The van der Waals surface area contributed by atoms with E-state index in [0.29, 0.717) is 0 Å². The fraction of sp³-hybridized carbons (Fsp3) is 1.00. The van der Waals surface area contributed by atoms with Gasteiger partial charge in [-0.05, 0) is 13.1 Å². The Kier molecular flexibility index (Phi) is 3.77. The molecule has 0 heterocycles. The molecular weight excluding hydrogens is 212 g/mol. The molecule has 0 aromatic carbocycles. The number of rotatable bonds is 3. The van der Waals surface area contributed by atoms with E-state index in [9.17, 15) is 0 Å². The van der Waals surface area contributed by atoms with Crippen LogP contribution in [0.5, 0.6) is 0 Å². The molecule has 0 fully saturated rings. The lowest BCUT2D eigenvalue weighted by Crippen LogP contribution is -2.70. The summed E-state index contributed by atoms with van der Waals surface area (Å²) in [6.45, 7) is 17.5. The number of hydrogen-bond donors (Lipinski definition) is 0. The molecule has 0 atom stereocenters. The standard InChI is InChI=1S/C7H24OSi4/c1-10(2,3)12(6,7)11(4,5)8-9/h1-7,9H3. The van der Waals surface area contributed by atoms with Crippen molar-refractivity contribution in [2.45, 2.75) is 45.8 Å². The van der Waals surface area contributed by atoms with Gasteiger partial charge < -0.3 is 4.12 Å². The molecule has 0 rings (SSSR count). The fourth-order valence-electron chi connectivity index (χ4n) is 1.16. The topological polar surface area (TPSA) is 9.23 Å². The van der Waals surface area contributed by atoms with E-state index in [0.717, 1.165) is 10.5 Å². The molecule has 12 heavy (non-hydrogen) atoms. The SMILES string of the molecule is C[Si](C)(C)[Si](C)(C)[Si](C)(C)O[SiH3]. The van der Waals surface area contributed by atoms with Crippen molar-refractivity contribution in [3.63, 3.8) is 0 Å². The van der Waals surface area contributed by atoms with Crippen LogP contribution < -0.4 is 0 Å². The average molecular weight is 237 g/mol. The second-order valence-electron chi connectivity index (χ2n) is 5.59. The molecule has 0 bridgehead atoms. The normalized spacial score (nSPS) is 15.2. The van der Waals surface area contributed by atoms with Crippen molar-refractivity contribution in [1.82, 2.24) is 0 Å². The third-order valence-corrected chi connectivity index (χ3v) is 49.0. The van der Waals surface area contributed by atoms with E-state index in [1.165, 1.54) is 0 Å². The highest BCUT2D eigenvalue weighted by Gasteiger charge is 2.50. The predicted molar refractivity (Wildman–Crippen MR) is 69.3 cm³/mol. The fourth-order valence-corrected chi connectivity index (χ4v) is 34.0. The Morgan fingerprint density at radius 1 is 0.833 bits per heavy atom. The zero-order chi connectivity index (χ0) is 10.2. The molecule has 1 nitrogen and oxygen atoms in total. The summed E-state index contributed by atoms with van der Waals surface area (Å²) in [5.74, 6) is 0. The Morgan fingerprint density at radius 2 is 1.17 bits per heavy atom. The summed E-state index contributed by atoms with van der Waals surface area (Å²) >= 11 is 0. The first-order valence-corrected chi connectivity index (χ1v) is 16.8. The molecule has 0 saturated carbocycles. The lowest BCUT2D eigenvalue weighted by Gasteiger charge is -2.45. The molecule has 0 aromatic rings. The smallest absolute Gasteiger partial charge is 0.156 e. The van der Waals surface area contributed by atoms with Crippen LogP contribution in [0.25, 0.3) is 0 Å². The van der Waals surface area contributed by atoms with Crippen molar-refractivity contribution in [1.29, 1.82) is 0 Å². The van der Waals surface area contributed by atoms with E-state index in [-0.39, 0.29) is 0 Å². The number of hydrogen-bond acceptors (Lipinski definition) is 1. The van der Waals surface area contributed by atoms with E-state index >= 15 is 0 Å². The lowest BCUT2D eigenvalue weighted by molar-refractivity contribution is 0.633. The van der Waals surface area contributed by atoms with Crippen LogP contribution >= 0.6 is 0 Å². The largest absolute Gasteiger partial charge is 0.466 e. The van der Waals surface area contributed by atoms with Gasteiger partial charge in [-0.1, -0.05) is 32.7 Å². The van der Waals surface area contributed by atoms with E-state index in [1.807, 2.05) is 0 Å². The van der Waals surface area contributed by atoms with Crippen LogP contribution in [0.2, 0.25) is 45.8 Å². The highest BCUT2D eigenvalue weighted by atomic mass is 29.6. The summed E-state index contributed by atoms with van der Waals surface area (Å²) in [6, 6.07) is 0. The van der Waals surface area contributed by atoms with E-state index in [1.54, 1.807) is 0 Å². The van der Waals surface area contributed by atoms with Crippen LogP contribution in [-0.4, -0.2) is 33.0 Å². The van der Waals surface area contributed by atoms with Gasteiger partial charge in [0.2, 0.25) is 0 Å². The molecule has 0 aliphatic heterocycles. The summed E-state index contributed by atoms with van der Waals surface area (Å²) < 4.78 is 5.90. The van der Waals surface area contributed by atoms with Gasteiger partial charge in [-0.15, -0.1) is 0 Å². The third kappa shape index (κ3) is 2.19. The van der Waals surface area contributed by atoms with Gasteiger partial charge in [0.1, 0.15) is 10.5 Å². The molecule has 0 aliphatic carbocycles. The molecule has 0 N–H and O–H groups in total. The van der Waals surface area contributed by atoms with Gasteiger partial charge in [0.05, 0.1) is 7.11 Å². The highest BCUT2D eigenvalue weighted by Crippen LogP contribution is 2.28. The predicted octanol–water partition coefficient (Wildman–Crippen LogP) is 1.69. The Bertz CT molecular complexity index is 159. The molecular formula is C7H24OSi4. The summed E-state index contributed by atoms with van der Waals surface area (Å²) in [5.41, 5.74) is 0. The molecule has 74 valence electrons. The quantitative estimate of drug-likeness (QED) is 0.678. The molecule has 0 aromatic heterocycles. The highest BCUT2D eigenvalue weighted by molar-refractivity contribution is 7.67. The second-order valence-corrected chi connectivity index (χ2v) is 35.1. The van der Waals surface area contributed by atoms with Crippen LogP contribution in [0.3, 0.4) is 0 Å². The van der Waals surface area contributed by atoms with Gasteiger partial charge in [-0.3, -0.25) is 0 Å². The molecule has 0 unspecified atom stereocenters. The Balaban J connectivity index is 4.85. The van der Waals surface area contributed by atoms with Crippen molar-refractivity contribution in [2.24, 2.45) is 0 Å². The first-order valence-electron chi connectivity index (χ1n) is 4.61. The average Bonchev–Trinajstić information content (AvgIpc) is 1.85. The zero-order valence-corrected chi connectivity index (χ0v) is 14.9. The summed E-state index contributed by atoms with van der Waals surface area (Å²) in [6.07, 6.45) is 0. The van der Waals surface area contributed by atoms with Crippen molar-refractivity contribution >= 4 is 33.0 Å². The minimum absolute atomic E-state index is 0.931. The van der Waals surface area contributed by atoms with E-state index < -0.39 is 22.5 Å². The van der Waals surface area contributed by atoms with Crippen LogP contribution in [-0.2, 0) is 4.12 Å². The maximum atomic E-state index is 5.90. The maximum absolute atomic E-state index is 5.90. The van der Waals surface area contributed by atoms with Gasteiger partial charge in [-0.2, -0.15) is 0 Å². The third-order valence-electron chi connectivity index (χ3n) is 3.89. The van der Waals surface area contributed by atoms with Gasteiger partial charge in [0.15, 0.2) is 7.83 Å². The van der Waals surface area contributed by atoms with Gasteiger partial charge >= 0.3 is 0 Å². The molecule has 0 amide bonds. The molecule has 0 aliphatic rings. The molecule has 5 heteroatoms. The molecule has 0 saturated heterocycles. The van der Waals surface area contributed by atoms with Crippen LogP contribution in [0, 0.1) is 0 Å². The second kappa shape index (κ2) is 3.53. The van der Waals surface area contributed by atoms with Crippen molar-refractivity contribution in [2.75, 3.05) is 0 Å². The van der Waals surface area contributed by atoms with E-state index in [4.69, 9.17) is 4.12 Å². The Labute approximate surface area is 83.2 Å². The first kappa shape index (κ1) is 12.8. The van der Waals surface area contributed by atoms with Crippen LogP contribution in [0.4, 0.5) is 0 Å². The molecule has 0 spiro atoms. The first-order chi connectivity index (χ1) is 5.06.